The van der Waals surface area contributed by atoms with Crippen LogP contribution >= 0.6 is 11.6 Å². The number of piperazine rings is 1. The Balaban J connectivity index is 1.47. The predicted molar refractivity (Wildman–Crippen MR) is 101 cm³/mol. The number of carbonyl (C=O) groups excluding carboxylic acids is 1. The van der Waals surface area contributed by atoms with Crippen LogP contribution in [0.4, 0.5) is 5.82 Å². The molecule has 4 rings (SSSR count). The number of hydrogen-bond donors (Lipinski definition) is 1. The average molecular weight is 372 g/mol. The van der Waals surface area contributed by atoms with Crippen molar-refractivity contribution < 1.29 is 4.79 Å². The summed E-state index contributed by atoms with van der Waals surface area (Å²) in [6.45, 7) is 3.02. The van der Waals surface area contributed by atoms with Gasteiger partial charge < -0.3 is 10.6 Å². The van der Waals surface area contributed by atoms with Gasteiger partial charge >= 0.3 is 0 Å². The van der Waals surface area contributed by atoms with Gasteiger partial charge in [0.15, 0.2) is 0 Å². The third-order valence-corrected chi connectivity index (χ3v) is 5.22. The van der Waals surface area contributed by atoms with Gasteiger partial charge in [-0.1, -0.05) is 41.9 Å². The third kappa shape index (κ3) is 3.66. The molecule has 2 fully saturated rings. The van der Waals surface area contributed by atoms with E-state index < -0.39 is 6.04 Å². The van der Waals surface area contributed by atoms with Crippen LogP contribution in [-0.2, 0) is 4.79 Å². The van der Waals surface area contributed by atoms with Crippen molar-refractivity contribution in [2.75, 3.05) is 31.1 Å². The van der Waals surface area contributed by atoms with Crippen molar-refractivity contribution in [3.63, 3.8) is 0 Å². The predicted octanol–water partition coefficient (Wildman–Crippen LogP) is 2.36. The highest BCUT2D eigenvalue weighted by atomic mass is 35.5. The summed E-state index contributed by atoms with van der Waals surface area (Å²) in [4.78, 5) is 25.5. The van der Waals surface area contributed by atoms with Crippen molar-refractivity contribution in [1.29, 1.82) is 0 Å². The number of aromatic nitrogens is 2. The van der Waals surface area contributed by atoms with E-state index in [1.54, 1.807) is 0 Å². The van der Waals surface area contributed by atoms with Gasteiger partial charge in [0.2, 0.25) is 5.91 Å². The van der Waals surface area contributed by atoms with Crippen LogP contribution in [0.25, 0.3) is 0 Å². The van der Waals surface area contributed by atoms with Crippen molar-refractivity contribution >= 4 is 23.3 Å². The van der Waals surface area contributed by atoms with Crippen LogP contribution in [0.3, 0.4) is 0 Å². The monoisotopic (exact) mass is 371 g/mol. The van der Waals surface area contributed by atoms with Gasteiger partial charge in [0.25, 0.3) is 0 Å². The lowest BCUT2D eigenvalue weighted by atomic mass is 10.0. The first-order valence-corrected chi connectivity index (χ1v) is 9.37. The van der Waals surface area contributed by atoms with E-state index in [0.717, 1.165) is 56.2 Å². The Labute approximate surface area is 158 Å². The molecule has 1 saturated carbocycles. The zero-order valence-corrected chi connectivity index (χ0v) is 15.3. The maximum Gasteiger partial charge on any atom is 0.239 e. The molecule has 1 unspecified atom stereocenters. The van der Waals surface area contributed by atoms with Crippen molar-refractivity contribution in [2.45, 2.75) is 24.8 Å². The molecule has 1 atom stereocenters. The lowest BCUT2D eigenvalue weighted by Gasteiger charge is -2.38. The fraction of sp³-hybridized carbons (Fsp3) is 0.421. The Morgan fingerprint density at radius 2 is 1.81 bits per heavy atom. The molecule has 2 aliphatic rings. The standard InChI is InChI=1S/C19H22ClN5O/c20-15-12-16(23-19(22-15)14-6-7-14)24-8-10-25(11-9-24)17(18(21)26)13-4-2-1-3-5-13/h1-5,12,14,17H,6-11H2,(H2,21,26). The summed E-state index contributed by atoms with van der Waals surface area (Å²) in [5, 5.41) is 0.499. The number of hydrogen-bond acceptors (Lipinski definition) is 5. The van der Waals surface area contributed by atoms with Gasteiger partial charge in [-0.25, -0.2) is 9.97 Å². The largest absolute Gasteiger partial charge is 0.368 e. The molecule has 26 heavy (non-hydrogen) atoms. The zero-order chi connectivity index (χ0) is 18.1. The van der Waals surface area contributed by atoms with E-state index >= 15 is 0 Å². The van der Waals surface area contributed by atoms with Gasteiger partial charge in [-0.2, -0.15) is 0 Å². The summed E-state index contributed by atoms with van der Waals surface area (Å²) in [5.41, 5.74) is 6.63. The Bertz CT molecular complexity index is 788. The Kier molecular flexibility index (Phi) is 4.78. The first-order valence-electron chi connectivity index (χ1n) is 8.99. The summed E-state index contributed by atoms with van der Waals surface area (Å²) in [7, 11) is 0. The van der Waals surface area contributed by atoms with Gasteiger partial charge in [0, 0.05) is 38.2 Å². The number of carbonyl (C=O) groups is 1. The van der Waals surface area contributed by atoms with Gasteiger partial charge in [-0.05, 0) is 18.4 Å². The number of amides is 1. The molecule has 1 aromatic carbocycles. The van der Waals surface area contributed by atoms with Crippen LogP contribution in [0.15, 0.2) is 36.4 Å². The molecule has 0 bridgehead atoms. The Morgan fingerprint density at radius 3 is 2.42 bits per heavy atom. The van der Waals surface area contributed by atoms with Crippen LogP contribution in [-0.4, -0.2) is 47.0 Å². The summed E-state index contributed by atoms with van der Waals surface area (Å²) < 4.78 is 0. The van der Waals surface area contributed by atoms with Gasteiger partial charge in [0.05, 0.1) is 0 Å². The maximum absolute atomic E-state index is 12.1. The topological polar surface area (TPSA) is 75.4 Å². The molecule has 1 saturated heterocycles. The third-order valence-electron chi connectivity index (χ3n) is 5.03. The minimum absolute atomic E-state index is 0.314. The number of nitrogens with two attached hydrogens (primary N) is 1. The number of benzene rings is 1. The van der Waals surface area contributed by atoms with E-state index in [4.69, 9.17) is 22.3 Å². The van der Waals surface area contributed by atoms with Crippen molar-refractivity contribution in [1.82, 2.24) is 14.9 Å². The normalized spacial score (nSPS) is 19.3. The molecule has 7 heteroatoms. The molecule has 2 N–H and O–H groups in total. The SMILES string of the molecule is NC(=O)C(c1ccccc1)N1CCN(c2cc(Cl)nc(C3CC3)n2)CC1. The molecular weight excluding hydrogens is 350 g/mol. The molecule has 1 amide bonds. The average Bonchev–Trinajstić information content (AvgIpc) is 3.48. The first kappa shape index (κ1) is 17.2. The molecule has 0 spiro atoms. The summed E-state index contributed by atoms with van der Waals surface area (Å²) in [5.74, 6) is 1.88. The molecule has 1 aliphatic carbocycles. The highest BCUT2D eigenvalue weighted by molar-refractivity contribution is 6.29. The highest BCUT2D eigenvalue weighted by Gasteiger charge is 2.31. The molecular formula is C19H22ClN5O. The zero-order valence-electron chi connectivity index (χ0n) is 14.5. The van der Waals surface area contributed by atoms with E-state index in [2.05, 4.69) is 14.8 Å². The van der Waals surface area contributed by atoms with E-state index in [-0.39, 0.29) is 5.91 Å². The Hall–Kier alpha value is -2.18. The molecule has 2 aromatic rings. The molecule has 0 radical (unpaired) electrons. The second kappa shape index (κ2) is 7.21. The van der Waals surface area contributed by atoms with Crippen molar-refractivity contribution in [3.05, 3.63) is 52.9 Å². The molecule has 1 aromatic heterocycles. The van der Waals surface area contributed by atoms with Crippen LogP contribution in [0.2, 0.25) is 5.15 Å². The molecule has 6 nitrogen and oxygen atoms in total. The van der Waals surface area contributed by atoms with Crippen LogP contribution in [0.5, 0.6) is 0 Å². The van der Waals surface area contributed by atoms with Gasteiger partial charge in [0.1, 0.15) is 22.8 Å². The van der Waals surface area contributed by atoms with Gasteiger partial charge in [-0.15, -0.1) is 0 Å². The highest BCUT2D eigenvalue weighted by Crippen LogP contribution is 2.39. The summed E-state index contributed by atoms with van der Waals surface area (Å²) in [6.07, 6.45) is 2.29. The lowest BCUT2D eigenvalue weighted by Crippen LogP contribution is -2.50. The quantitative estimate of drug-likeness (QED) is 0.816. The number of anilines is 1. The number of halogens is 1. The second-order valence-corrected chi connectivity index (χ2v) is 7.31. The smallest absolute Gasteiger partial charge is 0.239 e. The maximum atomic E-state index is 12.1. The number of rotatable bonds is 5. The van der Waals surface area contributed by atoms with Crippen molar-refractivity contribution in [2.24, 2.45) is 5.73 Å². The van der Waals surface area contributed by atoms with E-state index in [1.165, 1.54) is 0 Å². The fourth-order valence-electron chi connectivity index (χ4n) is 3.51. The Morgan fingerprint density at radius 1 is 1.12 bits per heavy atom. The van der Waals surface area contributed by atoms with Crippen molar-refractivity contribution in [3.8, 4) is 0 Å². The first-order chi connectivity index (χ1) is 12.6. The minimum atomic E-state index is -0.394. The minimum Gasteiger partial charge on any atom is -0.368 e. The van der Waals surface area contributed by atoms with E-state index in [0.29, 0.717) is 11.1 Å². The molecule has 2 heterocycles. The fourth-order valence-corrected chi connectivity index (χ4v) is 3.69. The summed E-state index contributed by atoms with van der Waals surface area (Å²) >= 11 is 6.19. The van der Waals surface area contributed by atoms with Crippen LogP contribution < -0.4 is 10.6 Å². The summed E-state index contributed by atoms with van der Waals surface area (Å²) in [6, 6.07) is 11.1. The van der Waals surface area contributed by atoms with E-state index in [9.17, 15) is 4.79 Å². The van der Waals surface area contributed by atoms with Crippen LogP contribution in [0, 0.1) is 0 Å². The number of primary amides is 1. The lowest BCUT2D eigenvalue weighted by molar-refractivity contribution is -0.123. The second-order valence-electron chi connectivity index (χ2n) is 6.92. The van der Waals surface area contributed by atoms with Gasteiger partial charge in [-0.3, -0.25) is 9.69 Å². The number of nitrogens with zero attached hydrogens (tertiary/aromatic N) is 4. The molecule has 136 valence electrons. The van der Waals surface area contributed by atoms with E-state index in [1.807, 2.05) is 36.4 Å². The molecule has 1 aliphatic heterocycles. The van der Waals surface area contributed by atoms with Crippen LogP contribution in [0.1, 0.15) is 36.2 Å².